The lowest BCUT2D eigenvalue weighted by Crippen LogP contribution is -2.17. The first-order valence-electron chi connectivity index (χ1n) is 6.76. The zero-order valence-electron chi connectivity index (χ0n) is 11.4. The zero-order valence-corrected chi connectivity index (χ0v) is 12.2. The van der Waals surface area contributed by atoms with E-state index >= 15 is 0 Å². The maximum atomic E-state index is 11.6. The Morgan fingerprint density at radius 2 is 2.30 bits per heavy atom. The molecule has 2 aliphatic rings. The van der Waals surface area contributed by atoms with Crippen LogP contribution in [0.1, 0.15) is 40.9 Å². The molecule has 0 saturated heterocycles. The van der Waals surface area contributed by atoms with Gasteiger partial charge in [0.05, 0.1) is 12.8 Å². The molecule has 2 fully saturated rings. The summed E-state index contributed by atoms with van der Waals surface area (Å²) >= 11 is 1.21. The van der Waals surface area contributed by atoms with E-state index in [1.807, 2.05) is 0 Å². The Morgan fingerprint density at radius 1 is 1.60 bits per heavy atom. The Balaban J connectivity index is 1.78. The minimum atomic E-state index is -0.486. The molecule has 106 valence electrons. The van der Waals surface area contributed by atoms with E-state index in [4.69, 9.17) is 10.5 Å². The van der Waals surface area contributed by atoms with E-state index in [0.29, 0.717) is 20.9 Å². The van der Waals surface area contributed by atoms with Gasteiger partial charge in [0, 0.05) is 6.54 Å². The number of nitrogens with two attached hydrogens (primary N) is 1. The molecule has 3 N–H and O–H groups in total. The SMILES string of the molecule is COC(=O)c1sc(NCC2(C3CC3)CC2)c(C#N)c1N. The number of nitrogen functional groups attached to an aromatic ring is 1. The van der Waals surface area contributed by atoms with E-state index in [9.17, 15) is 10.1 Å². The number of anilines is 2. The predicted molar refractivity (Wildman–Crippen MR) is 77.7 cm³/mol. The largest absolute Gasteiger partial charge is 0.465 e. The average Bonchev–Trinajstić information content (AvgIpc) is 3.33. The Labute approximate surface area is 121 Å². The lowest BCUT2D eigenvalue weighted by molar-refractivity contribution is 0.0607. The van der Waals surface area contributed by atoms with Crippen LogP contribution in [0.5, 0.6) is 0 Å². The van der Waals surface area contributed by atoms with Gasteiger partial charge in [0.1, 0.15) is 21.5 Å². The summed E-state index contributed by atoms with van der Waals surface area (Å²) < 4.78 is 4.69. The fourth-order valence-corrected chi connectivity index (χ4v) is 3.75. The molecule has 0 radical (unpaired) electrons. The van der Waals surface area contributed by atoms with Crippen molar-refractivity contribution in [2.75, 3.05) is 24.7 Å². The van der Waals surface area contributed by atoms with Crippen molar-refractivity contribution < 1.29 is 9.53 Å². The first-order chi connectivity index (χ1) is 9.61. The van der Waals surface area contributed by atoms with Gasteiger partial charge in [0.2, 0.25) is 0 Å². The first-order valence-corrected chi connectivity index (χ1v) is 7.57. The number of thiophene rings is 1. The van der Waals surface area contributed by atoms with E-state index in [-0.39, 0.29) is 5.69 Å². The van der Waals surface area contributed by atoms with Crippen molar-refractivity contribution in [3.05, 3.63) is 10.4 Å². The van der Waals surface area contributed by atoms with Gasteiger partial charge in [-0.25, -0.2) is 4.79 Å². The fourth-order valence-electron chi connectivity index (χ4n) is 2.77. The molecule has 1 aromatic rings. The highest BCUT2D eigenvalue weighted by Gasteiger charge is 2.53. The smallest absolute Gasteiger partial charge is 0.350 e. The summed E-state index contributed by atoms with van der Waals surface area (Å²) in [7, 11) is 1.31. The van der Waals surface area contributed by atoms with Crippen LogP contribution in [-0.4, -0.2) is 19.6 Å². The summed E-state index contributed by atoms with van der Waals surface area (Å²) in [6.45, 7) is 0.868. The molecule has 3 rings (SSSR count). The molecule has 0 aliphatic heterocycles. The molecule has 1 heterocycles. The molecule has 2 aliphatic carbocycles. The van der Waals surface area contributed by atoms with Crippen LogP contribution in [0.25, 0.3) is 0 Å². The van der Waals surface area contributed by atoms with E-state index in [2.05, 4.69) is 11.4 Å². The monoisotopic (exact) mass is 291 g/mol. The second kappa shape index (κ2) is 4.67. The molecular weight excluding hydrogens is 274 g/mol. The average molecular weight is 291 g/mol. The van der Waals surface area contributed by atoms with Crippen LogP contribution in [0, 0.1) is 22.7 Å². The second-order valence-electron chi connectivity index (χ2n) is 5.64. The number of nitrogens with one attached hydrogen (secondary N) is 1. The number of carbonyl (C=O) groups is 1. The Morgan fingerprint density at radius 3 is 2.80 bits per heavy atom. The molecule has 0 aromatic carbocycles. The standard InChI is InChI=1S/C14H17N3O2S/c1-19-13(18)11-10(16)9(6-15)12(20-11)17-7-14(4-5-14)8-2-3-8/h8,17H,2-5,7,16H2,1H3. The number of carbonyl (C=O) groups excluding carboxylic acids is 1. The minimum absolute atomic E-state index is 0.225. The Hall–Kier alpha value is -1.74. The van der Waals surface area contributed by atoms with Gasteiger partial charge in [0.25, 0.3) is 0 Å². The van der Waals surface area contributed by atoms with E-state index in [1.54, 1.807) is 0 Å². The molecular formula is C14H17N3O2S. The molecule has 0 bridgehead atoms. The third-order valence-electron chi connectivity index (χ3n) is 4.36. The maximum Gasteiger partial charge on any atom is 0.350 e. The van der Waals surface area contributed by atoms with Crippen molar-refractivity contribution in [1.29, 1.82) is 5.26 Å². The van der Waals surface area contributed by atoms with Gasteiger partial charge in [-0.15, -0.1) is 11.3 Å². The fraction of sp³-hybridized carbons (Fsp3) is 0.571. The highest BCUT2D eigenvalue weighted by molar-refractivity contribution is 7.18. The van der Waals surface area contributed by atoms with Crippen LogP contribution in [0.3, 0.4) is 0 Å². The lowest BCUT2D eigenvalue weighted by atomic mass is 10.0. The van der Waals surface area contributed by atoms with Crippen LogP contribution in [0.15, 0.2) is 0 Å². The summed E-state index contributed by atoms with van der Waals surface area (Å²) in [6.07, 6.45) is 5.17. The number of nitrogens with zero attached hydrogens (tertiary/aromatic N) is 1. The quantitative estimate of drug-likeness (QED) is 0.814. The third-order valence-corrected chi connectivity index (χ3v) is 5.51. The number of ether oxygens (including phenoxy) is 1. The first kappa shape index (κ1) is 13.3. The number of hydrogen-bond acceptors (Lipinski definition) is 6. The molecule has 5 nitrogen and oxygen atoms in total. The zero-order chi connectivity index (χ0) is 14.3. The Bertz CT molecular complexity index is 594. The van der Waals surface area contributed by atoms with E-state index in [0.717, 1.165) is 12.5 Å². The molecule has 0 spiro atoms. The summed E-state index contributed by atoms with van der Waals surface area (Å²) in [5.74, 6) is 0.360. The second-order valence-corrected chi connectivity index (χ2v) is 6.66. The number of rotatable bonds is 5. The number of esters is 1. The van der Waals surface area contributed by atoms with Gasteiger partial charge in [0.15, 0.2) is 0 Å². The van der Waals surface area contributed by atoms with Crippen molar-refractivity contribution >= 4 is 28.0 Å². The van der Waals surface area contributed by atoms with Gasteiger partial charge in [-0.3, -0.25) is 0 Å². The summed E-state index contributed by atoms with van der Waals surface area (Å²) in [6, 6.07) is 2.08. The van der Waals surface area contributed by atoms with Gasteiger partial charge in [-0.05, 0) is 37.0 Å². The van der Waals surface area contributed by atoms with Gasteiger partial charge < -0.3 is 15.8 Å². The van der Waals surface area contributed by atoms with Gasteiger partial charge in [-0.2, -0.15) is 5.26 Å². The maximum absolute atomic E-state index is 11.6. The molecule has 1 aromatic heterocycles. The summed E-state index contributed by atoms with van der Waals surface area (Å²) in [5.41, 5.74) is 6.88. The molecule has 6 heteroatoms. The van der Waals surface area contributed by atoms with Crippen molar-refractivity contribution in [1.82, 2.24) is 0 Å². The molecule has 2 saturated carbocycles. The Kier molecular flexibility index (Phi) is 3.09. The third kappa shape index (κ3) is 2.12. The van der Waals surface area contributed by atoms with Gasteiger partial charge in [-0.1, -0.05) is 0 Å². The summed E-state index contributed by atoms with van der Waals surface area (Å²) in [5, 5.41) is 13.2. The van der Waals surface area contributed by atoms with Crippen molar-refractivity contribution in [2.24, 2.45) is 11.3 Å². The molecule has 0 amide bonds. The summed E-state index contributed by atoms with van der Waals surface area (Å²) in [4.78, 5) is 11.9. The lowest BCUT2D eigenvalue weighted by Gasteiger charge is -2.14. The minimum Gasteiger partial charge on any atom is -0.465 e. The van der Waals surface area contributed by atoms with Crippen LogP contribution in [0.2, 0.25) is 0 Å². The predicted octanol–water partition coefficient (Wildman–Crippen LogP) is 2.59. The van der Waals surface area contributed by atoms with E-state index in [1.165, 1.54) is 44.1 Å². The highest BCUT2D eigenvalue weighted by atomic mass is 32.1. The van der Waals surface area contributed by atoms with Crippen molar-refractivity contribution in [3.63, 3.8) is 0 Å². The van der Waals surface area contributed by atoms with E-state index < -0.39 is 5.97 Å². The van der Waals surface area contributed by atoms with Crippen LogP contribution in [0.4, 0.5) is 10.7 Å². The normalized spacial score (nSPS) is 19.2. The van der Waals surface area contributed by atoms with Crippen LogP contribution < -0.4 is 11.1 Å². The van der Waals surface area contributed by atoms with Crippen LogP contribution in [-0.2, 0) is 4.74 Å². The number of nitriles is 1. The topological polar surface area (TPSA) is 88.1 Å². The molecule has 0 unspecified atom stereocenters. The van der Waals surface area contributed by atoms with Crippen molar-refractivity contribution in [3.8, 4) is 6.07 Å². The number of hydrogen-bond donors (Lipinski definition) is 2. The molecule has 20 heavy (non-hydrogen) atoms. The highest BCUT2D eigenvalue weighted by Crippen LogP contribution is 2.61. The van der Waals surface area contributed by atoms with Crippen molar-refractivity contribution in [2.45, 2.75) is 25.7 Å². The number of methoxy groups -OCH3 is 1. The molecule has 0 atom stereocenters. The van der Waals surface area contributed by atoms with Gasteiger partial charge >= 0.3 is 5.97 Å². The van der Waals surface area contributed by atoms with Crippen LogP contribution >= 0.6 is 11.3 Å².